The van der Waals surface area contributed by atoms with E-state index in [4.69, 9.17) is 5.73 Å². The van der Waals surface area contributed by atoms with Crippen LogP contribution in [0, 0.1) is 5.92 Å². The topological polar surface area (TPSA) is 38.9 Å². The molecule has 0 aromatic carbocycles. The van der Waals surface area contributed by atoms with Crippen LogP contribution in [0.4, 0.5) is 13.2 Å². The Kier molecular flexibility index (Phi) is 2.42. The highest BCUT2D eigenvalue weighted by Crippen LogP contribution is 2.43. The fourth-order valence-electron chi connectivity index (χ4n) is 1.64. The van der Waals surface area contributed by atoms with Crippen molar-refractivity contribution in [2.75, 3.05) is 0 Å². The Morgan fingerprint density at radius 2 is 2.07 bits per heavy atom. The van der Waals surface area contributed by atoms with Crippen molar-refractivity contribution >= 4 is 0 Å². The fraction of sp³-hybridized carbons (Fsp3) is 0.500. The molecule has 2 nitrogen and oxygen atoms in total. The van der Waals surface area contributed by atoms with Gasteiger partial charge in [0, 0.05) is 18.4 Å². The van der Waals surface area contributed by atoms with Gasteiger partial charge in [0.25, 0.3) is 0 Å². The van der Waals surface area contributed by atoms with Crippen LogP contribution in [0.5, 0.6) is 0 Å². The lowest BCUT2D eigenvalue weighted by Crippen LogP contribution is -2.19. The second-order valence-electron chi connectivity index (χ2n) is 3.82. The molecule has 1 aromatic rings. The van der Waals surface area contributed by atoms with Crippen LogP contribution < -0.4 is 5.73 Å². The molecule has 1 aliphatic carbocycles. The van der Waals surface area contributed by atoms with Gasteiger partial charge in [0.15, 0.2) is 0 Å². The molecular formula is C10H11F3N2. The molecule has 0 unspecified atom stereocenters. The number of pyridine rings is 1. The maximum absolute atomic E-state index is 12.6. The zero-order chi connectivity index (χ0) is 11.1. The smallest absolute Gasteiger partial charge is 0.324 e. The van der Waals surface area contributed by atoms with Crippen LogP contribution in [0.15, 0.2) is 18.5 Å². The molecule has 0 saturated heterocycles. The molecular weight excluding hydrogens is 205 g/mol. The molecule has 1 saturated carbocycles. The summed E-state index contributed by atoms with van der Waals surface area (Å²) in [4.78, 5) is 3.50. The van der Waals surface area contributed by atoms with Crippen molar-refractivity contribution in [1.82, 2.24) is 4.98 Å². The van der Waals surface area contributed by atoms with Gasteiger partial charge in [-0.15, -0.1) is 0 Å². The normalized spacial score (nSPS) is 18.9. The monoisotopic (exact) mass is 216 g/mol. The van der Waals surface area contributed by atoms with Gasteiger partial charge in [0.05, 0.1) is 5.56 Å². The largest absolute Gasteiger partial charge is 0.418 e. The molecule has 1 fully saturated rings. The van der Waals surface area contributed by atoms with E-state index in [0.29, 0.717) is 0 Å². The second kappa shape index (κ2) is 3.48. The first kappa shape index (κ1) is 10.4. The zero-order valence-corrected chi connectivity index (χ0v) is 7.96. The average molecular weight is 216 g/mol. The Morgan fingerprint density at radius 3 is 2.60 bits per heavy atom. The minimum Gasteiger partial charge on any atom is -0.324 e. The molecule has 0 aliphatic heterocycles. The van der Waals surface area contributed by atoms with Gasteiger partial charge in [0.1, 0.15) is 0 Å². The lowest BCUT2D eigenvalue weighted by Gasteiger charge is -2.17. The van der Waals surface area contributed by atoms with Gasteiger partial charge in [-0.05, 0) is 30.4 Å². The van der Waals surface area contributed by atoms with Gasteiger partial charge in [-0.2, -0.15) is 13.2 Å². The number of alkyl halides is 3. The summed E-state index contributed by atoms with van der Waals surface area (Å²) < 4.78 is 37.8. The number of halogens is 3. The van der Waals surface area contributed by atoms with Crippen molar-refractivity contribution in [2.24, 2.45) is 11.7 Å². The second-order valence-corrected chi connectivity index (χ2v) is 3.82. The lowest BCUT2D eigenvalue weighted by molar-refractivity contribution is -0.138. The molecule has 1 aromatic heterocycles. The van der Waals surface area contributed by atoms with Crippen LogP contribution in [0.25, 0.3) is 0 Å². The van der Waals surface area contributed by atoms with Gasteiger partial charge >= 0.3 is 6.18 Å². The summed E-state index contributed by atoms with van der Waals surface area (Å²) in [7, 11) is 0. The number of nitrogens with zero attached hydrogens (tertiary/aromatic N) is 1. The third-order valence-electron chi connectivity index (χ3n) is 2.65. The summed E-state index contributed by atoms with van der Waals surface area (Å²) in [6, 6.07) is 0.857. The molecule has 0 radical (unpaired) electrons. The summed E-state index contributed by atoms with van der Waals surface area (Å²) in [6.45, 7) is 0. The molecule has 0 bridgehead atoms. The third kappa shape index (κ3) is 2.12. The maximum Gasteiger partial charge on any atom is 0.418 e. The zero-order valence-electron chi connectivity index (χ0n) is 7.96. The van der Waals surface area contributed by atoms with Crippen molar-refractivity contribution < 1.29 is 13.2 Å². The lowest BCUT2D eigenvalue weighted by atomic mass is 9.99. The fourth-order valence-corrected chi connectivity index (χ4v) is 1.64. The SMILES string of the molecule is N[C@H](c1ccncc1C(F)(F)F)C1CC1. The molecule has 15 heavy (non-hydrogen) atoms. The molecule has 0 spiro atoms. The number of rotatable bonds is 2. The first-order valence-electron chi connectivity index (χ1n) is 4.77. The Bertz CT molecular complexity index is 358. The van der Waals surface area contributed by atoms with E-state index in [-0.39, 0.29) is 11.5 Å². The van der Waals surface area contributed by atoms with E-state index >= 15 is 0 Å². The summed E-state index contributed by atoms with van der Waals surface area (Å²) in [5, 5.41) is 0. The molecule has 1 aliphatic rings. The van der Waals surface area contributed by atoms with Crippen molar-refractivity contribution in [3.8, 4) is 0 Å². The Morgan fingerprint density at radius 1 is 1.40 bits per heavy atom. The van der Waals surface area contributed by atoms with Crippen LogP contribution in [0.3, 0.4) is 0 Å². The van der Waals surface area contributed by atoms with Gasteiger partial charge in [-0.1, -0.05) is 0 Å². The molecule has 5 heteroatoms. The van der Waals surface area contributed by atoms with E-state index in [9.17, 15) is 13.2 Å². The van der Waals surface area contributed by atoms with E-state index in [1.54, 1.807) is 0 Å². The number of hydrogen-bond acceptors (Lipinski definition) is 2. The Labute approximate surface area is 85.3 Å². The molecule has 1 heterocycles. The third-order valence-corrected chi connectivity index (χ3v) is 2.65. The van der Waals surface area contributed by atoms with Gasteiger partial charge < -0.3 is 5.73 Å². The predicted octanol–water partition coefficient (Wildman–Crippen LogP) is 2.51. The van der Waals surface area contributed by atoms with Crippen LogP contribution in [-0.2, 0) is 6.18 Å². The molecule has 0 amide bonds. The van der Waals surface area contributed by atoms with Gasteiger partial charge in [0.2, 0.25) is 0 Å². The maximum atomic E-state index is 12.6. The van der Waals surface area contributed by atoms with Crippen molar-refractivity contribution in [3.05, 3.63) is 29.6 Å². The first-order valence-corrected chi connectivity index (χ1v) is 4.77. The highest BCUT2D eigenvalue weighted by molar-refractivity contribution is 5.30. The summed E-state index contributed by atoms with van der Waals surface area (Å²) >= 11 is 0. The number of nitrogens with two attached hydrogens (primary N) is 1. The number of hydrogen-bond donors (Lipinski definition) is 1. The van der Waals surface area contributed by atoms with Gasteiger partial charge in [-0.3, -0.25) is 4.98 Å². The van der Waals surface area contributed by atoms with E-state index in [1.807, 2.05) is 0 Å². The van der Waals surface area contributed by atoms with Crippen molar-refractivity contribution in [3.63, 3.8) is 0 Å². The summed E-state index contributed by atoms with van der Waals surface area (Å²) in [5.74, 6) is 0.202. The van der Waals surface area contributed by atoms with Crippen LogP contribution in [-0.4, -0.2) is 4.98 Å². The van der Waals surface area contributed by atoms with E-state index in [1.165, 1.54) is 12.3 Å². The summed E-state index contributed by atoms with van der Waals surface area (Å²) in [6.07, 6.45) is -0.331. The van der Waals surface area contributed by atoms with Crippen LogP contribution >= 0.6 is 0 Å². The summed E-state index contributed by atoms with van der Waals surface area (Å²) in [5.41, 5.74) is 5.23. The van der Waals surface area contributed by atoms with Crippen LogP contribution in [0.2, 0.25) is 0 Å². The van der Waals surface area contributed by atoms with Crippen molar-refractivity contribution in [1.29, 1.82) is 0 Å². The van der Waals surface area contributed by atoms with Gasteiger partial charge in [-0.25, -0.2) is 0 Å². The number of aromatic nitrogens is 1. The highest BCUT2D eigenvalue weighted by atomic mass is 19.4. The predicted molar refractivity (Wildman–Crippen MR) is 48.9 cm³/mol. The minimum absolute atomic E-state index is 0.167. The molecule has 2 N–H and O–H groups in total. The minimum atomic E-state index is -4.36. The molecule has 2 rings (SSSR count). The molecule has 1 atom stereocenters. The Balaban J connectivity index is 2.37. The first-order chi connectivity index (χ1) is 7.00. The van der Waals surface area contributed by atoms with Crippen LogP contribution in [0.1, 0.15) is 30.0 Å². The van der Waals surface area contributed by atoms with E-state index in [0.717, 1.165) is 19.0 Å². The average Bonchev–Trinajstić information content (AvgIpc) is 2.98. The van der Waals surface area contributed by atoms with E-state index in [2.05, 4.69) is 4.98 Å². The standard InChI is InChI=1S/C10H11F3N2/c11-10(12,13)8-5-15-4-3-7(8)9(14)6-1-2-6/h3-6,9H,1-2,14H2/t9-/m0/s1. The molecule has 82 valence electrons. The highest BCUT2D eigenvalue weighted by Gasteiger charge is 2.38. The Hall–Kier alpha value is -1.10. The quantitative estimate of drug-likeness (QED) is 0.824. The van der Waals surface area contributed by atoms with Crippen molar-refractivity contribution in [2.45, 2.75) is 25.1 Å². The van der Waals surface area contributed by atoms with E-state index < -0.39 is 17.8 Å².